The number of anilines is 1. The number of hydrogen-bond donors (Lipinski definition) is 2. The van der Waals surface area contributed by atoms with Gasteiger partial charge in [-0.3, -0.25) is 14.8 Å². The number of benzene rings is 1. The Morgan fingerprint density at radius 1 is 1.29 bits per heavy atom. The Labute approximate surface area is 182 Å². The molecule has 168 valence electrons. The van der Waals surface area contributed by atoms with E-state index in [-0.39, 0.29) is 12.5 Å². The number of H-pyrrole nitrogens is 1. The quantitative estimate of drug-likeness (QED) is 0.702. The van der Waals surface area contributed by atoms with Crippen LogP contribution in [0.4, 0.5) is 10.6 Å². The fourth-order valence-corrected chi connectivity index (χ4v) is 3.63. The van der Waals surface area contributed by atoms with Gasteiger partial charge in [-0.25, -0.2) is 4.79 Å². The predicted octanol–water partition coefficient (Wildman–Crippen LogP) is 2.87. The number of aromatic nitrogens is 2. The summed E-state index contributed by atoms with van der Waals surface area (Å²) in [5.74, 6) is 0.103. The minimum atomic E-state index is -0.672. The van der Waals surface area contributed by atoms with Gasteiger partial charge >= 0.3 is 6.09 Å². The summed E-state index contributed by atoms with van der Waals surface area (Å²) in [5, 5.41) is 9.98. The maximum Gasteiger partial charge on any atom is 0.411 e. The molecule has 2 N–H and O–H groups in total. The van der Waals surface area contributed by atoms with E-state index in [2.05, 4.69) is 15.5 Å². The summed E-state index contributed by atoms with van der Waals surface area (Å²) >= 11 is 0. The zero-order valence-electron chi connectivity index (χ0n) is 18.9. The standard InChI is InChI=1S/C22H31N5O4/c1-14(30-6)20(28)23-19-16-12-27(22(2,3)18(16)24-25-19)21(29)31-17(13-26(4)5)15-10-8-7-9-11-15/h7-11,14,17H,12-13H2,1-6H3,(H2,23,24,25,28). The van der Waals surface area contributed by atoms with E-state index in [1.165, 1.54) is 7.11 Å². The van der Waals surface area contributed by atoms with Crippen LogP contribution in [0.15, 0.2) is 30.3 Å². The van der Waals surface area contributed by atoms with Gasteiger partial charge in [-0.15, -0.1) is 0 Å². The fraction of sp³-hybridized carbons (Fsp3) is 0.500. The third-order valence-electron chi connectivity index (χ3n) is 5.60. The minimum absolute atomic E-state index is 0.276. The second-order valence-corrected chi connectivity index (χ2v) is 8.48. The smallest absolute Gasteiger partial charge is 0.411 e. The fourth-order valence-electron chi connectivity index (χ4n) is 3.63. The molecule has 31 heavy (non-hydrogen) atoms. The molecule has 9 nitrogen and oxygen atoms in total. The largest absolute Gasteiger partial charge is 0.440 e. The summed E-state index contributed by atoms with van der Waals surface area (Å²) in [5.41, 5.74) is 1.80. The molecular weight excluding hydrogens is 398 g/mol. The van der Waals surface area contributed by atoms with Crippen molar-refractivity contribution in [3.8, 4) is 0 Å². The van der Waals surface area contributed by atoms with Crippen molar-refractivity contribution in [3.05, 3.63) is 47.2 Å². The van der Waals surface area contributed by atoms with E-state index in [1.807, 2.05) is 63.2 Å². The Morgan fingerprint density at radius 2 is 1.97 bits per heavy atom. The number of aromatic amines is 1. The molecule has 1 aromatic heterocycles. The molecule has 3 rings (SSSR count). The number of methoxy groups -OCH3 is 1. The van der Waals surface area contributed by atoms with E-state index in [0.717, 1.165) is 16.8 Å². The van der Waals surface area contributed by atoms with E-state index >= 15 is 0 Å². The number of amides is 2. The van der Waals surface area contributed by atoms with Gasteiger partial charge in [0, 0.05) is 19.2 Å². The van der Waals surface area contributed by atoms with E-state index in [4.69, 9.17) is 9.47 Å². The van der Waals surface area contributed by atoms with Gasteiger partial charge in [0.2, 0.25) is 0 Å². The van der Waals surface area contributed by atoms with Crippen LogP contribution in [0.3, 0.4) is 0 Å². The summed E-state index contributed by atoms with van der Waals surface area (Å²) in [6, 6.07) is 9.69. The Balaban J connectivity index is 1.79. The highest BCUT2D eigenvalue weighted by molar-refractivity contribution is 5.94. The molecule has 0 saturated heterocycles. The van der Waals surface area contributed by atoms with Crippen molar-refractivity contribution < 1.29 is 19.1 Å². The van der Waals surface area contributed by atoms with Crippen molar-refractivity contribution in [2.75, 3.05) is 33.1 Å². The van der Waals surface area contributed by atoms with Crippen LogP contribution in [0.1, 0.15) is 43.7 Å². The highest BCUT2D eigenvalue weighted by Crippen LogP contribution is 2.41. The third-order valence-corrected chi connectivity index (χ3v) is 5.60. The molecule has 1 aliphatic rings. The van der Waals surface area contributed by atoms with Crippen LogP contribution in [0.25, 0.3) is 0 Å². The van der Waals surface area contributed by atoms with Gasteiger partial charge in [-0.1, -0.05) is 30.3 Å². The molecule has 2 amide bonds. The van der Waals surface area contributed by atoms with Gasteiger partial charge in [0.05, 0.1) is 17.8 Å². The lowest BCUT2D eigenvalue weighted by molar-refractivity contribution is -0.124. The van der Waals surface area contributed by atoms with Crippen molar-refractivity contribution in [3.63, 3.8) is 0 Å². The molecule has 9 heteroatoms. The molecule has 0 fully saturated rings. The second kappa shape index (κ2) is 9.07. The number of carbonyl (C=O) groups is 2. The predicted molar refractivity (Wildman–Crippen MR) is 116 cm³/mol. The Kier molecular flexibility index (Phi) is 6.66. The highest BCUT2D eigenvalue weighted by atomic mass is 16.6. The number of fused-ring (bicyclic) bond motifs is 1. The van der Waals surface area contributed by atoms with Gasteiger partial charge in [-0.2, -0.15) is 5.10 Å². The van der Waals surface area contributed by atoms with Crippen LogP contribution >= 0.6 is 0 Å². The van der Waals surface area contributed by atoms with Crippen molar-refractivity contribution in [2.45, 2.75) is 45.1 Å². The Morgan fingerprint density at radius 3 is 2.58 bits per heavy atom. The van der Waals surface area contributed by atoms with E-state index in [1.54, 1.807) is 11.8 Å². The van der Waals surface area contributed by atoms with Crippen molar-refractivity contribution >= 4 is 17.8 Å². The van der Waals surface area contributed by atoms with Gasteiger partial charge < -0.3 is 19.7 Å². The molecule has 2 heterocycles. The average Bonchev–Trinajstić information content (AvgIpc) is 3.25. The molecular formula is C22H31N5O4. The summed E-state index contributed by atoms with van der Waals surface area (Å²) in [6.45, 7) is 6.34. The monoisotopic (exact) mass is 429 g/mol. The van der Waals surface area contributed by atoms with Crippen LogP contribution in [-0.4, -0.2) is 65.9 Å². The van der Waals surface area contributed by atoms with Gasteiger partial charge in [0.15, 0.2) is 5.82 Å². The number of ether oxygens (including phenoxy) is 2. The summed E-state index contributed by atoms with van der Waals surface area (Å²) in [6.07, 6.45) is -1.44. The van der Waals surface area contributed by atoms with E-state index < -0.39 is 23.8 Å². The number of nitrogens with zero attached hydrogens (tertiary/aromatic N) is 3. The number of carbonyl (C=O) groups excluding carboxylic acids is 2. The first-order valence-electron chi connectivity index (χ1n) is 10.2. The molecule has 2 unspecified atom stereocenters. The first-order chi connectivity index (χ1) is 14.6. The summed E-state index contributed by atoms with van der Waals surface area (Å²) in [7, 11) is 5.35. The van der Waals surface area contributed by atoms with E-state index in [9.17, 15) is 9.59 Å². The minimum Gasteiger partial charge on any atom is -0.440 e. The molecule has 1 aromatic carbocycles. The number of likely N-dealkylation sites (N-methyl/N-ethyl adjacent to an activating group) is 1. The van der Waals surface area contributed by atoms with Crippen LogP contribution in [0, 0.1) is 0 Å². The maximum absolute atomic E-state index is 13.2. The SMILES string of the molecule is COC(C)C(=O)Nc1n[nH]c2c1CN(C(=O)OC(CN(C)C)c1ccccc1)C2(C)C. The van der Waals surface area contributed by atoms with E-state index in [0.29, 0.717) is 12.4 Å². The third kappa shape index (κ3) is 4.72. The molecule has 1 aliphatic heterocycles. The van der Waals surface area contributed by atoms with Crippen LogP contribution in [-0.2, 0) is 26.4 Å². The lowest BCUT2D eigenvalue weighted by Gasteiger charge is -2.33. The molecule has 2 aromatic rings. The zero-order chi connectivity index (χ0) is 22.8. The average molecular weight is 430 g/mol. The maximum atomic E-state index is 13.2. The Hall–Kier alpha value is -2.91. The summed E-state index contributed by atoms with van der Waals surface area (Å²) in [4.78, 5) is 29.1. The van der Waals surface area contributed by atoms with Gasteiger partial charge in [-0.05, 0) is 40.4 Å². The summed E-state index contributed by atoms with van der Waals surface area (Å²) < 4.78 is 11.0. The molecule has 0 saturated carbocycles. The van der Waals surface area contributed by atoms with Gasteiger partial charge in [0.1, 0.15) is 12.2 Å². The van der Waals surface area contributed by atoms with Crippen molar-refractivity contribution in [1.29, 1.82) is 0 Å². The highest BCUT2D eigenvalue weighted by Gasteiger charge is 2.45. The van der Waals surface area contributed by atoms with Crippen LogP contribution < -0.4 is 5.32 Å². The normalized spacial score (nSPS) is 16.7. The lowest BCUT2D eigenvalue weighted by atomic mass is 10.0. The molecule has 0 radical (unpaired) electrons. The Bertz CT molecular complexity index is 925. The van der Waals surface area contributed by atoms with Crippen molar-refractivity contribution in [2.24, 2.45) is 0 Å². The molecule has 2 atom stereocenters. The second-order valence-electron chi connectivity index (χ2n) is 8.48. The molecule has 0 spiro atoms. The first kappa shape index (κ1) is 22.8. The van der Waals surface area contributed by atoms with Crippen LogP contribution in [0.2, 0.25) is 0 Å². The number of rotatable bonds is 7. The van der Waals surface area contributed by atoms with Crippen molar-refractivity contribution in [1.82, 2.24) is 20.0 Å². The molecule has 0 aliphatic carbocycles. The first-order valence-corrected chi connectivity index (χ1v) is 10.2. The van der Waals surface area contributed by atoms with Gasteiger partial charge in [0.25, 0.3) is 5.91 Å². The number of nitrogens with one attached hydrogen (secondary N) is 2. The lowest BCUT2D eigenvalue weighted by Crippen LogP contribution is -2.42. The topological polar surface area (TPSA) is 99.8 Å². The zero-order valence-corrected chi connectivity index (χ0v) is 18.9. The van der Waals surface area contributed by atoms with Crippen LogP contribution in [0.5, 0.6) is 0 Å². The molecule has 0 bridgehead atoms. The number of hydrogen-bond acceptors (Lipinski definition) is 6.